The standard InChI is InChI=1S/C7H5ClOS.C5H11NO4S/c8-6-2-1-5(4-9)3-7(6)10;1-9-2-4-11-5-3-10-6(7)8/h1-4,10H;2-5H2,1H3. The minimum absolute atomic E-state index is 0.154. The molecule has 0 bridgehead atoms. The molecule has 0 aliphatic rings. The summed E-state index contributed by atoms with van der Waals surface area (Å²) in [6, 6.07) is 4.92. The molecule has 1 aromatic carbocycles. The van der Waals surface area contributed by atoms with Crippen molar-refractivity contribution in [3.8, 4) is 0 Å². The Hall–Kier alpha value is -0.960. The van der Waals surface area contributed by atoms with Crippen LogP contribution in [0.5, 0.6) is 0 Å². The minimum atomic E-state index is -0.781. The molecule has 0 fully saturated rings. The van der Waals surface area contributed by atoms with Crippen LogP contribution in [0.4, 0.5) is 0 Å². The second kappa shape index (κ2) is 12.8. The lowest BCUT2D eigenvalue weighted by Gasteiger charge is -1.98. The SMILES string of the molecule is COCCSCCO[N+](=O)[O-].O=Cc1ccc(Cl)c(S)c1. The van der Waals surface area contributed by atoms with Gasteiger partial charge >= 0.3 is 0 Å². The van der Waals surface area contributed by atoms with Crippen LogP contribution in [-0.4, -0.2) is 43.2 Å². The van der Waals surface area contributed by atoms with Gasteiger partial charge in [0, 0.05) is 29.1 Å². The minimum Gasteiger partial charge on any atom is -0.384 e. The molecule has 0 aromatic heterocycles. The largest absolute Gasteiger partial charge is 0.384 e. The number of carbonyl (C=O) groups excluding carboxylic acids is 1. The fourth-order valence-corrected chi connectivity index (χ4v) is 2.04. The zero-order valence-electron chi connectivity index (χ0n) is 11.4. The first-order valence-corrected chi connectivity index (χ1v) is 7.77. The predicted octanol–water partition coefficient (Wildman–Crippen LogP) is 3.02. The molecule has 0 saturated carbocycles. The molecule has 0 atom stereocenters. The number of thioether (sulfide) groups is 1. The van der Waals surface area contributed by atoms with Gasteiger partial charge in [-0.3, -0.25) is 4.79 Å². The van der Waals surface area contributed by atoms with Crippen LogP contribution in [0.2, 0.25) is 5.02 Å². The fourth-order valence-electron chi connectivity index (χ4n) is 1.02. The lowest BCUT2D eigenvalue weighted by atomic mass is 10.2. The quantitative estimate of drug-likeness (QED) is 0.254. The van der Waals surface area contributed by atoms with Gasteiger partial charge in [0.15, 0.2) is 0 Å². The smallest absolute Gasteiger partial charge is 0.294 e. The zero-order valence-corrected chi connectivity index (χ0v) is 13.8. The molecule has 0 aliphatic heterocycles. The van der Waals surface area contributed by atoms with Crippen molar-refractivity contribution in [3.63, 3.8) is 0 Å². The van der Waals surface area contributed by atoms with Gasteiger partial charge in [0.1, 0.15) is 12.9 Å². The number of aldehydes is 1. The Morgan fingerprint density at radius 3 is 2.62 bits per heavy atom. The molecule has 0 unspecified atom stereocenters. The van der Waals surface area contributed by atoms with E-state index in [2.05, 4.69) is 17.5 Å². The molecule has 0 amide bonds. The van der Waals surface area contributed by atoms with E-state index in [1.165, 1.54) is 0 Å². The number of rotatable bonds is 8. The number of hydrogen-bond acceptors (Lipinski definition) is 7. The maximum atomic E-state index is 10.2. The Bertz CT molecular complexity index is 448. The number of thiol groups is 1. The molecule has 6 nitrogen and oxygen atoms in total. The molecule has 0 heterocycles. The zero-order chi connectivity index (χ0) is 16.1. The Morgan fingerprint density at radius 1 is 1.43 bits per heavy atom. The highest BCUT2D eigenvalue weighted by molar-refractivity contribution is 7.99. The van der Waals surface area contributed by atoms with Gasteiger partial charge in [-0.25, -0.2) is 0 Å². The number of halogens is 1. The van der Waals surface area contributed by atoms with Crippen LogP contribution in [0.25, 0.3) is 0 Å². The highest BCUT2D eigenvalue weighted by Crippen LogP contribution is 2.19. The Balaban J connectivity index is 0.000000382. The third-order valence-corrected chi connectivity index (χ3v) is 3.70. The lowest BCUT2D eigenvalue weighted by Crippen LogP contribution is -2.05. The number of ether oxygens (including phenoxy) is 1. The molecule has 1 rings (SSSR count). The molecule has 9 heteroatoms. The van der Waals surface area contributed by atoms with E-state index in [4.69, 9.17) is 16.3 Å². The van der Waals surface area contributed by atoms with E-state index in [0.717, 1.165) is 12.0 Å². The summed E-state index contributed by atoms with van der Waals surface area (Å²) in [6.45, 7) is 0.824. The second-order valence-electron chi connectivity index (χ2n) is 3.49. The molecule has 1 aromatic rings. The first-order chi connectivity index (χ1) is 10.0. The van der Waals surface area contributed by atoms with Crippen molar-refractivity contribution >= 4 is 42.3 Å². The first-order valence-electron chi connectivity index (χ1n) is 5.79. The van der Waals surface area contributed by atoms with Gasteiger partial charge in [0.25, 0.3) is 5.09 Å². The van der Waals surface area contributed by atoms with Crippen LogP contribution >= 0.6 is 36.0 Å². The van der Waals surface area contributed by atoms with Gasteiger partial charge in [0.05, 0.1) is 11.6 Å². The molecule has 0 aliphatic carbocycles. The normalized spacial score (nSPS) is 9.48. The van der Waals surface area contributed by atoms with Crippen LogP contribution in [0.3, 0.4) is 0 Å². The van der Waals surface area contributed by atoms with Gasteiger partial charge in [-0.15, -0.1) is 22.7 Å². The van der Waals surface area contributed by atoms with Gasteiger partial charge < -0.3 is 9.57 Å². The summed E-state index contributed by atoms with van der Waals surface area (Å²) >= 11 is 11.2. The van der Waals surface area contributed by atoms with E-state index in [9.17, 15) is 14.9 Å². The van der Waals surface area contributed by atoms with Crippen molar-refractivity contribution in [2.24, 2.45) is 0 Å². The van der Waals surface area contributed by atoms with Gasteiger partial charge in [0.2, 0.25) is 0 Å². The van der Waals surface area contributed by atoms with Crippen LogP contribution in [-0.2, 0) is 9.57 Å². The van der Waals surface area contributed by atoms with E-state index < -0.39 is 5.09 Å². The van der Waals surface area contributed by atoms with Crippen LogP contribution < -0.4 is 0 Å². The number of benzene rings is 1. The molecule has 0 N–H and O–H groups in total. The summed E-state index contributed by atoms with van der Waals surface area (Å²) in [5, 5.41) is 9.42. The molecular weight excluding hydrogens is 338 g/mol. The summed E-state index contributed by atoms with van der Waals surface area (Å²) < 4.78 is 4.77. The van der Waals surface area contributed by atoms with Crippen LogP contribution in [0.1, 0.15) is 10.4 Å². The third kappa shape index (κ3) is 11.4. The van der Waals surface area contributed by atoms with E-state index >= 15 is 0 Å². The van der Waals surface area contributed by atoms with E-state index in [1.807, 2.05) is 0 Å². The average Bonchev–Trinajstić information content (AvgIpc) is 2.46. The van der Waals surface area contributed by atoms with Crippen molar-refractivity contribution in [2.45, 2.75) is 4.90 Å². The summed E-state index contributed by atoms with van der Waals surface area (Å²) in [6.07, 6.45) is 0.760. The number of hydrogen-bond donors (Lipinski definition) is 1. The van der Waals surface area contributed by atoms with Crippen molar-refractivity contribution in [1.29, 1.82) is 0 Å². The highest BCUT2D eigenvalue weighted by atomic mass is 35.5. The maximum Gasteiger partial charge on any atom is 0.294 e. The van der Waals surface area contributed by atoms with Crippen molar-refractivity contribution in [3.05, 3.63) is 38.9 Å². The topological polar surface area (TPSA) is 78.7 Å². The summed E-state index contributed by atoms with van der Waals surface area (Å²) in [4.78, 5) is 24.5. The van der Waals surface area contributed by atoms with E-state index in [1.54, 1.807) is 37.1 Å². The van der Waals surface area contributed by atoms with Crippen LogP contribution in [0.15, 0.2) is 23.1 Å². The Morgan fingerprint density at radius 2 is 2.10 bits per heavy atom. The molecule has 0 saturated heterocycles. The van der Waals surface area contributed by atoms with E-state index in [0.29, 0.717) is 27.8 Å². The van der Waals surface area contributed by atoms with Gasteiger partial charge in [-0.2, -0.15) is 11.8 Å². The van der Waals surface area contributed by atoms with Gasteiger partial charge in [-0.1, -0.05) is 17.7 Å². The average molecular weight is 354 g/mol. The fraction of sp³-hybridized carbons (Fsp3) is 0.417. The lowest BCUT2D eigenvalue weighted by molar-refractivity contribution is -0.756. The number of carbonyl (C=O) groups is 1. The molecule has 0 radical (unpaired) electrons. The predicted molar refractivity (Wildman–Crippen MR) is 86.2 cm³/mol. The highest BCUT2D eigenvalue weighted by Gasteiger charge is 1.95. The number of nitrogens with zero attached hydrogens (tertiary/aromatic N) is 1. The molecule has 0 spiro atoms. The maximum absolute atomic E-state index is 10.2. The van der Waals surface area contributed by atoms with Crippen molar-refractivity contribution in [1.82, 2.24) is 0 Å². The third-order valence-electron chi connectivity index (χ3n) is 1.96. The molecule has 21 heavy (non-hydrogen) atoms. The number of methoxy groups -OCH3 is 1. The van der Waals surface area contributed by atoms with Gasteiger partial charge in [-0.05, 0) is 12.1 Å². The molecule has 118 valence electrons. The summed E-state index contributed by atoms with van der Waals surface area (Å²) in [7, 11) is 1.62. The van der Waals surface area contributed by atoms with Crippen LogP contribution in [0, 0.1) is 10.1 Å². The Labute approximate surface area is 137 Å². The van der Waals surface area contributed by atoms with Crippen molar-refractivity contribution in [2.75, 3.05) is 31.8 Å². The Kier molecular flexibility index (Phi) is 12.2. The monoisotopic (exact) mass is 353 g/mol. The van der Waals surface area contributed by atoms with Crippen molar-refractivity contribution < 1.29 is 19.5 Å². The second-order valence-corrected chi connectivity index (χ2v) is 5.60. The summed E-state index contributed by atoms with van der Waals surface area (Å²) in [5.74, 6) is 1.47. The molecular formula is C12H16ClNO5S2. The summed E-state index contributed by atoms with van der Waals surface area (Å²) in [5.41, 5.74) is 0.592. The first kappa shape index (κ1) is 20.0. The van der Waals surface area contributed by atoms with E-state index in [-0.39, 0.29) is 6.61 Å².